The Bertz CT molecular complexity index is 541. The number of rotatable bonds is 3. The molecule has 5 nitrogen and oxygen atoms in total. The van der Waals surface area contributed by atoms with E-state index >= 15 is 0 Å². The van der Waals surface area contributed by atoms with Crippen LogP contribution in [-0.2, 0) is 9.59 Å². The topological polar surface area (TPSA) is 63.7 Å². The van der Waals surface area contributed by atoms with Gasteiger partial charge in [0, 0.05) is 12.6 Å². The second-order valence-corrected chi connectivity index (χ2v) is 4.37. The number of Topliss-reactive ketones (excluding diaryl/α,β-unsaturated/α-hetero) is 2. The first-order chi connectivity index (χ1) is 8.54. The summed E-state index contributed by atoms with van der Waals surface area (Å²) >= 11 is 2.95. The van der Waals surface area contributed by atoms with Crippen LogP contribution in [0.25, 0.3) is 0 Å². The van der Waals surface area contributed by atoms with Crippen LogP contribution in [0.4, 0.5) is 5.69 Å². The zero-order valence-corrected chi connectivity index (χ0v) is 11.2. The molecular weight excluding hydrogens is 302 g/mol. The molecule has 0 aliphatic carbocycles. The first-order valence-electron chi connectivity index (χ1n) is 5.21. The molecule has 0 unspecified atom stereocenters. The van der Waals surface area contributed by atoms with Crippen molar-refractivity contribution in [3.05, 3.63) is 23.8 Å². The predicted molar refractivity (Wildman–Crippen MR) is 68.5 cm³/mol. The smallest absolute Gasteiger partial charge is 0.264 e. The first kappa shape index (κ1) is 12.8. The molecule has 2 rings (SSSR count). The molecule has 1 aliphatic heterocycles. The van der Waals surface area contributed by atoms with Gasteiger partial charge in [0.1, 0.15) is 5.75 Å². The molecule has 1 aliphatic rings. The highest BCUT2D eigenvalue weighted by molar-refractivity contribution is 9.09. The zero-order chi connectivity index (χ0) is 13.3. The van der Waals surface area contributed by atoms with Crippen LogP contribution in [0.5, 0.6) is 5.75 Å². The fourth-order valence-corrected chi connectivity index (χ4v) is 1.89. The summed E-state index contributed by atoms with van der Waals surface area (Å²) in [5.74, 6) is -0.777. The van der Waals surface area contributed by atoms with Gasteiger partial charge in [0.2, 0.25) is 11.6 Å². The number of alkyl halides is 1. The van der Waals surface area contributed by atoms with Gasteiger partial charge in [-0.2, -0.15) is 0 Å². The predicted octanol–water partition coefficient (Wildman–Crippen LogP) is 1.19. The van der Waals surface area contributed by atoms with Crippen molar-refractivity contribution in [2.24, 2.45) is 0 Å². The summed E-state index contributed by atoms with van der Waals surface area (Å²) < 4.78 is 5.23. The van der Waals surface area contributed by atoms with Crippen molar-refractivity contribution in [1.29, 1.82) is 0 Å². The lowest BCUT2D eigenvalue weighted by atomic mass is 10.1. The maximum Gasteiger partial charge on any atom is 0.264 e. The molecule has 0 spiro atoms. The van der Waals surface area contributed by atoms with Gasteiger partial charge in [0.15, 0.2) is 6.61 Å². The Hall–Kier alpha value is -1.69. The number of carbonyl (C=O) groups excluding carboxylic acids is 3. The average molecular weight is 312 g/mol. The lowest BCUT2D eigenvalue weighted by Gasteiger charge is -2.26. The standard InChI is InChI=1S/C12H10BrNO4/c1-14-8-4-7(12(17)9(15)5-13)2-3-10(8)18-6-11(14)16/h2-4H,5-6H2,1H3. The Labute approximate surface area is 112 Å². The number of hydrogen-bond donors (Lipinski definition) is 0. The molecule has 1 aromatic carbocycles. The molecule has 18 heavy (non-hydrogen) atoms. The van der Waals surface area contributed by atoms with Crippen molar-refractivity contribution in [1.82, 2.24) is 0 Å². The number of benzene rings is 1. The summed E-state index contributed by atoms with van der Waals surface area (Å²) in [6, 6.07) is 4.60. The number of hydrogen-bond acceptors (Lipinski definition) is 4. The Morgan fingerprint density at radius 2 is 2.17 bits per heavy atom. The number of likely N-dealkylation sites (N-methyl/N-ethyl adjacent to an activating group) is 1. The highest BCUT2D eigenvalue weighted by Gasteiger charge is 2.24. The molecule has 1 aromatic rings. The fraction of sp³-hybridized carbons (Fsp3) is 0.250. The molecule has 1 heterocycles. The van der Waals surface area contributed by atoms with Crippen LogP contribution < -0.4 is 9.64 Å². The van der Waals surface area contributed by atoms with Crippen molar-refractivity contribution in [3.63, 3.8) is 0 Å². The number of carbonyl (C=O) groups is 3. The van der Waals surface area contributed by atoms with Crippen LogP contribution in [0.1, 0.15) is 10.4 Å². The van der Waals surface area contributed by atoms with Crippen molar-refractivity contribution >= 4 is 39.1 Å². The highest BCUT2D eigenvalue weighted by atomic mass is 79.9. The van der Waals surface area contributed by atoms with Crippen molar-refractivity contribution < 1.29 is 19.1 Å². The number of nitrogens with zero attached hydrogens (tertiary/aromatic N) is 1. The minimum atomic E-state index is -0.582. The van der Waals surface area contributed by atoms with Gasteiger partial charge < -0.3 is 9.64 Å². The summed E-state index contributed by atoms with van der Waals surface area (Å²) in [5.41, 5.74) is 0.753. The molecule has 0 saturated carbocycles. The van der Waals surface area contributed by atoms with Crippen LogP contribution in [0.15, 0.2) is 18.2 Å². The van der Waals surface area contributed by atoms with Gasteiger partial charge in [-0.15, -0.1) is 0 Å². The van der Waals surface area contributed by atoms with E-state index in [4.69, 9.17) is 4.74 Å². The van der Waals surface area contributed by atoms with Gasteiger partial charge in [0.05, 0.1) is 11.0 Å². The molecule has 0 bridgehead atoms. The second-order valence-electron chi connectivity index (χ2n) is 3.81. The Morgan fingerprint density at radius 3 is 2.83 bits per heavy atom. The quantitative estimate of drug-likeness (QED) is 0.478. The fourth-order valence-electron chi connectivity index (χ4n) is 1.64. The normalized spacial score (nSPS) is 13.9. The van der Waals surface area contributed by atoms with Crippen LogP contribution in [0, 0.1) is 0 Å². The molecular formula is C12H10BrNO4. The van der Waals surface area contributed by atoms with E-state index in [1.165, 1.54) is 17.0 Å². The molecule has 0 radical (unpaired) electrons. The minimum absolute atomic E-state index is 0.0167. The van der Waals surface area contributed by atoms with Gasteiger partial charge in [-0.1, -0.05) is 15.9 Å². The number of fused-ring (bicyclic) bond motifs is 1. The van der Waals surface area contributed by atoms with E-state index in [1.54, 1.807) is 13.1 Å². The summed E-state index contributed by atoms with van der Waals surface area (Å²) in [6.45, 7) is -0.0167. The lowest BCUT2D eigenvalue weighted by Crippen LogP contribution is -2.35. The summed E-state index contributed by atoms with van der Waals surface area (Å²) in [5, 5.41) is -0.0197. The van der Waals surface area contributed by atoms with E-state index in [0.29, 0.717) is 11.4 Å². The molecule has 1 amide bonds. The lowest BCUT2D eigenvalue weighted by molar-refractivity contribution is -0.121. The molecule has 0 fully saturated rings. The highest BCUT2D eigenvalue weighted by Crippen LogP contribution is 2.32. The van der Waals surface area contributed by atoms with Crippen molar-refractivity contribution in [2.75, 3.05) is 23.9 Å². The van der Waals surface area contributed by atoms with Crippen molar-refractivity contribution in [3.8, 4) is 5.75 Å². The average Bonchev–Trinajstić information content (AvgIpc) is 2.41. The van der Waals surface area contributed by atoms with Gasteiger partial charge in [-0.25, -0.2) is 0 Å². The van der Waals surface area contributed by atoms with Gasteiger partial charge in [0.25, 0.3) is 5.91 Å². The Kier molecular flexibility index (Phi) is 3.47. The van der Waals surface area contributed by atoms with E-state index in [1.807, 2.05) is 0 Å². The summed E-state index contributed by atoms with van der Waals surface area (Å²) in [6.07, 6.45) is 0. The van der Waals surface area contributed by atoms with E-state index < -0.39 is 11.6 Å². The monoisotopic (exact) mass is 311 g/mol. The van der Waals surface area contributed by atoms with E-state index in [-0.39, 0.29) is 23.4 Å². The Morgan fingerprint density at radius 1 is 1.44 bits per heavy atom. The first-order valence-corrected chi connectivity index (χ1v) is 6.33. The third kappa shape index (κ3) is 2.15. The van der Waals surface area contributed by atoms with Crippen LogP contribution in [0.2, 0.25) is 0 Å². The second kappa shape index (κ2) is 4.89. The van der Waals surface area contributed by atoms with E-state index in [0.717, 1.165) is 0 Å². The van der Waals surface area contributed by atoms with Gasteiger partial charge >= 0.3 is 0 Å². The third-order valence-corrected chi connectivity index (χ3v) is 3.19. The van der Waals surface area contributed by atoms with Crippen LogP contribution >= 0.6 is 15.9 Å². The summed E-state index contributed by atoms with van der Waals surface area (Å²) in [7, 11) is 1.60. The van der Waals surface area contributed by atoms with Gasteiger partial charge in [-0.05, 0) is 18.2 Å². The minimum Gasteiger partial charge on any atom is -0.482 e. The maximum atomic E-state index is 11.7. The van der Waals surface area contributed by atoms with Crippen molar-refractivity contribution in [2.45, 2.75) is 0 Å². The molecule has 6 heteroatoms. The van der Waals surface area contributed by atoms with E-state index in [9.17, 15) is 14.4 Å². The molecule has 0 N–H and O–H groups in total. The number of anilines is 1. The Balaban J connectivity index is 2.40. The number of ketones is 2. The van der Waals surface area contributed by atoms with E-state index in [2.05, 4.69) is 15.9 Å². The number of amides is 1. The molecule has 94 valence electrons. The molecule has 0 saturated heterocycles. The maximum absolute atomic E-state index is 11.7. The zero-order valence-electron chi connectivity index (χ0n) is 9.60. The number of ether oxygens (including phenoxy) is 1. The SMILES string of the molecule is CN1C(=O)COc2ccc(C(=O)C(=O)CBr)cc21. The molecule has 0 aromatic heterocycles. The summed E-state index contributed by atoms with van der Waals surface area (Å²) in [4.78, 5) is 35.9. The van der Waals surface area contributed by atoms with Gasteiger partial charge in [-0.3, -0.25) is 14.4 Å². The van der Waals surface area contributed by atoms with Crippen LogP contribution in [0.3, 0.4) is 0 Å². The largest absolute Gasteiger partial charge is 0.482 e. The number of halogens is 1. The molecule has 0 atom stereocenters. The van der Waals surface area contributed by atoms with Crippen LogP contribution in [-0.4, -0.2) is 36.5 Å². The third-order valence-electron chi connectivity index (χ3n) is 2.68.